The fourth-order valence-electron chi connectivity index (χ4n) is 0.998. The van der Waals surface area contributed by atoms with Gasteiger partial charge in [-0.15, -0.1) is 5.10 Å². The molecule has 0 aliphatic heterocycles. The molecule has 0 saturated heterocycles. The first-order valence-electron chi connectivity index (χ1n) is 4.34. The number of aromatic amines is 1. The van der Waals surface area contributed by atoms with Crippen molar-refractivity contribution in [2.24, 2.45) is 0 Å². The molecule has 8 heteroatoms. The molecule has 0 aliphatic carbocycles. The minimum Gasteiger partial charge on any atom is -0.466 e. The number of nitrogens with one attached hydrogen (secondary N) is 2. The molecule has 0 bridgehead atoms. The van der Waals surface area contributed by atoms with Crippen molar-refractivity contribution < 1.29 is 9.53 Å². The van der Waals surface area contributed by atoms with Gasteiger partial charge in [0.05, 0.1) is 25.1 Å². The lowest BCUT2D eigenvalue weighted by Crippen LogP contribution is -2.13. The highest BCUT2D eigenvalue weighted by Gasteiger charge is 2.09. The van der Waals surface area contributed by atoms with Crippen LogP contribution in [-0.2, 0) is 0 Å². The number of carbonyl (C=O) groups excluding carboxylic acids is 1. The number of nitrogens with zero attached hydrogens (tertiary/aromatic N) is 4. The zero-order valence-electron chi connectivity index (χ0n) is 8.34. The molecule has 0 radical (unpaired) electrons. The number of carbonyl (C=O) groups is 1. The SMILES string of the molecule is COc1n[nH]c(NC(=O)c2ccnnc2)n1. The van der Waals surface area contributed by atoms with Gasteiger partial charge in [-0.2, -0.15) is 15.2 Å². The molecule has 0 aliphatic rings. The van der Waals surface area contributed by atoms with E-state index in [2.05, 4.69) is 30.7 Å². The number of hydrogen-bond acceptors (Lipinski definition) is 6. The van der Waals surface area contributed by atoms with E-state index in [0.717, 1.165) is 0 Å². The van der Waals surface area contributed by atoms with Gasteiger partial charge in [-0.25, -0.2) is 5.10 Å². The van der Waals surface area contributed by atoms with E-state index in [4.69, 9.17) is 4.74 Å². The van der Waals surface area contributed by atoms with E-state index in [-0.39, 0.29) is 17.9 Å². The molecule has 2 aromatic heterocycles. The van der Waals surface area contributed by atoms with Crippen LogP contribution in [0.15, 0.2) is 18.5 Å². The van der Waals surface area contributed by atoms with E-state index in [1.54, 1.807) is 0 Å². The standard InChI is InChI=1S/C8H8N6O2/c1-16-8-12-7(13-14-8)11-6(15)5-2-3-9-10-4-5/h2-4H,1H3,(H2,11,12,13,14,15). The third kappa shape index (κ3) is 2.11. The van der Waals surface area contributed by atoms with Crippen LogP contribution in [0.25, 0.3) is 0 Å². The summed E-state index contributed by atoms with van der Waals surface area (Å²) in [6.07, 6.45) is 2.78. The molecular weight excluding hydrogens is 212 g/mol. The number of ether oxygens (including phenoxy) is 1. The highest BCUT2D eigenvalue weighted by atomic mass is 16.5. The fraction of sp³-hybridized carbons (Fsp3) is 0.125. The quantitative estimate of drug-likeness (QED) is 0.745. The Morgan fingerprint density at radius 3 is 3.00 bits per heavy atom. The van der Waals surface area contributed by atoms with E-state index >= 15 is 0 Å². The summed E-state index contributed by atoms with van der Waals surface area (Å²) in [5.41, 5.74) is 0.380. The summed E-state index contributed by atoms with van der Waals surface area (Å²) in [5.74, 6) is -0.146. The lowest BCUT2D eigenvalue weighted by Gasteiger charge is -1.98. The maximum absolute atomic E-state index is 11.6. The van der Waals surface area contributed by atoms with Gasteiger partial charge in [0, 0.05) is 0 Å². The monoisotopic (exact) mass is 220 g/mol. The van der Waals surface area contributed by atoms with Crippen LogP contribution in [0.1, 0.15) is 10.4 Å². The van der Waals surface area contributed by atoms with Crippen molar-refractivity contribution in [3.63, 3.8) is 0 Å². The number of amides is 1. The van der Waals surface area contributed by atoms with E-state index in [1.807, 2.05) is 0 Å². The molecule has 0 spiro atoms. The van der Waals surface area contributed by atoms with Gasteiger partial charge >= 0.3 is 6.01 Å². The summed E-state index contributed by atoms with van der Waals surface area (Å²) in [4.78, 5) is 15.4. The average molecular weight is 220 g/mol. The maximum atomic E-state index is 11.6. The van der Waals surface area contributed by atoms with Crippen LogP contribution < -0.4 is 10.1 Å². The summed E-state index contributed by atoms with van der Waals surface area (Å²) in [5, 5.41) is 15.8. The lowest BCUT2D eigenvalue weighted by molar-refractivity contribution is 0.102. The van der Waals surface area contributed by atoms with Gasteiger partial charge in [0.15, 0.2) is 0 Å². The molecule has 1 amide bonds. The number of H-pyrrole nitrogens is 1. The first kappa shape index (κ1) is 10.0. The second-order valence-electron chi connectivity index (χ2n) is 2.76. The molecule has 0 fully saturated rings. The van der Waals surface area contributed by atoms with Crippen molar-refractivity contribution in [3.8, 4) is 6.01 Å². The Balaban J connectivity index is 2.08. The number of hydrogen-bond donors (Lipinski definition) is 2. The molecule has 2 rings (SSSR count). The molecule has 2 aromatic rings. The summed E-state index contributed by atoms with van der Waals surface area (Å²) in [6, 6.07) is 1.69. The predicted octanol–water partition coefficient (Wildman–Crippen LogP) is -0.144. The Hall–Kier alpha value is -2.51. The van der Waals surface area contributed by atoms with Crippen molar-refractivity contribution in [2.45, 2.75) is 0 Å². The Morgan fingerprint density at radius 1 is 1.50 bits per heavy atom. The van der Waals surface area contributed by atoms with E-state index < -0.39 is 0 Å². The minimum absolute atomic E-state index is 0.156. The average Bonchev–Trinajstić information content (AvgIpc) is 2.78. The Kier molecular flexibility index (Phi) is 2.72. The predicted molar refractivity (Wildman–Crippen MR) is 52.9 cm³/mol. The van der Waals surface area contributed by atoms with Gasteiger partial charge in [-0.1, -0.05) is 0 Å². The third-order valence-corrected chi connectivity index (χ3v) is 1.73. The molecule has 82 valence electrons. The van der Waals surface area contributed by atoms with Crippen molar-refractivity contribution in [1.29, 1.82) is 0 Å². The van der Waals surface area contributed by atoms with Gasteiger partial charge in [-0.3, -0.25) is 10.1 Å². The van der Waals surface area contributed by atoms with Crippen LogP contribution in [0.2, 0.25) is 0 Å². The van der Waals surface area contributed by atoms with E-state index in [0.29, 0.717) is 5.56 Å². The van der Waals surface area contributed by atoms with Gasteiger partial charge in [-0.05, 0) is 6.07 Å². The van der Waals surface area contributed by atoms with Crippen LogP contribution in [0.3, 0.4) is 0 Å². The fourth-order valence-corrected chi connectivity index (χ4v) is 0.998. The second kappa shape index (κ2) is 4.34. The molecule has 16 heavy (non-hydrogen) atoms. The Labute approximate surface area is 90.1 Å². The van der Waals surface area contributed by atoms with Crippen LogP contribution in [0.5, 0.6) is 6.01 Å². The van der Waals surface area contributed by atoms with E-state index in [9.17, 15) is 4.79 Å². The van der Waals surface area contributed by atoms with Gasteiger partial charge in [0.2, 0.25) is 5.95 Å². The van der Waals surface area contributed by atoms with Gasteiger partial charge in [0.25, 0.3) is 5.91 Å². The van der Waals surface area contributed by atoms with Gasteiger partial charge < -0.3 is 4.74 Å². The molecule has 0 aromatic carbocycles. The summed E-state index contributed by atoms with van der Waals surface area (Å²) in [6.45, 7) is 0. The van der Waals surface area contributed by atoms with Crippen molar-refractivity contribution in [1.82, 2.24) is 25.4 Å². The zero-order chi connectivity index (χ0) is 11.4. The van der Waals surface area contributed by atoms with Crippen LogP contribution in [-0.4, -0.2) is 38.4 Å². The minimum atomic E-state index is -0.353. The normalized spacial score (nSPS) is 9.81. The van der Waals surface area contributed by atoms with Crippen molar-refractivity contribution >= 4 is 11.9 Å². The number of rotatable bonds is 3. The number of aromatic nitrogens is 5. The highest BCUT2D eigenvalue weighted by molar-refractivity contribution is 6.02. The van der Waals surface area contributed by atoms with Crippen molar-refractivity contribution in [2.75, 3.05) is 12.4 Å². The smallest absolute Gasteiger partial charge is 0.336 e. The summed E-state index contributed by atoms with van der Waals surface area (Å²) >= 11 is 0. The largest absolute Gasteiger partial charge is 0.466 e. The van der Waals surface area contributed by atoms with Crippen LogP contribution in [0.4, 0.5) is 5.95 Å². The first-order chi connectivity index (χ1) is 7.79. The molecule has 8 nitrogen and oxygen atoms in total. The zero-order valence-corrected chi connectivity index (χ0v) is 8.34. The lowest BCUT2D eigenvalue weighted by atomic mass is 10.3. The van der Waals surface area contributed by atoms with Gasteiger partial charge in [0.1, 0.15) is 0 Å². The second-order valence-corrected chi connectivity index (χ2v) is 2.76. The molecule has 0 saturated carbocycles. The highest BCUT2D eigenvalue weighted by Crippen LogP contribution is 2.06. The Morgan fingerprint density at radius 2 is 2.38 bits per heavy atom. The summed E-state index contributed by atoms with van der Waals surface area (Å²) < 4.78 is 4.76. The Bertz CT molecular complexity index is 482. The first-order valence-corrected chi connectivity index (χ1v) is 4.34. The third-order valence-electron chi connectivity index (χ3n) is 1.73. The maximum Gasteiger partial charge on any atom is 0.336 e. The molecule has 0 atom stereocenters. The number of anilines is 1. The molecule has 2 N–H and O–H groups in total. The van der Waals surface area contributed by atoms with E-state index in [1.165, 1.54) is 25.6 Å². The molecule has 0 unspecified atom stereocenters. The van der Waals surface area contributed by atoms with Crippen LogP contribution in [0, 0.1) is 0 Å². The number of methoxy groups -OCH3 is 1. The topological polar surface area (TPSA) is 106 Å². The molecular formula is C8H8N6O2. The van der Waals surface area contributed by atoms with Crippen molar-refractivity contribution in [3.05, 3.63) is 24.0 Å². The summed E-state index contributed by atoms with van der Waals surface area (Å²) in [7, 11) is 1.43. The van der Waals surface area contributed by atoms with Crippen LogP contribution >= 0.6 is 0 Å². The molecule has 2 heterocycles.